The number of nitrogens with one attached hydrogen (secondary N) is 1. The first-order valence-corrected chi connectivity index (χ1v) is 2.39. The van der Waals surface area contributed by atoms with Crippen LogP contribution in [0.25, 0.3) is 0 Å². The summed E-state index contributed by atoms with van der Waals surface area (Å²) in [6.07, 6.45) is 0. The summed E-state index contributed by atoms with van der Waals surface area (Å²) in [5, 5.41) is 2.67. The Kier molecular flexibility index (Phi) is 3.37. The van der Waals surface area contributed by atoms with Crippen LogP contribution in [0.3, 0.4) is 0 Å². The van der Waals surface area contributed by atoms with Gasteiger partial charge < -0.3 is 5.32 Å². The van der Waals surface area contributed by atoms with E-state index < -0.39 is 0 Å². The van der Waals surface area contributed by atoms with Crippen LogP contribution in [0.1, 0.15) is 0 Å². The molecule has 0 rings (SSSR count). The summed E-state index contributed by atoms with van der Waals surface area (Å²) in [6.45, 7) is 0.403. The van der Waals surface area contributed by atoms with E-state index in [4.69, 9.17) is 0 Å². The molecule has 0 fully saturated rings. The summed E-state index contributed by atoms with van der Waals surface area (Å²) in [5.41, 5.74) is 0. The molecule has 0 saturated carbocycles. The number of likely N-dealkylation sites (N-methyl/N-ethyl adjacent to an activating group) is 1. The number of carbonyl (C=O) groups excluding carboxylic acids is 1. The normalized spacial score (nSPS) is 8.33. The van der Waals surface area contributed by atoms with Gasteiger partial charge in [-0.3, -0.25) is 4.79 Å². The number of carbonyl (C=O) groups is 1. The van der Waals surface area contributed by atoms with E-state index in [1.54, 1.807) is 7.05 Å². The van der Waals surface area contributed by atoms with Gasteiger partial charge in [-0.05, 0) is 23.0 Å². The number of rotatable bonds is 2. The number of hydrogen-bond donors (Lipinski definition) is 1. The molecule has 0 bridgehead atoms. The Bertz CT molecular complexity index is 54.8. The minimum absolute atomic E-state index is 0.00926. The van der Waals surface area contributed by atoms with Crippen molar-refractivity contribution in [2.75, 3.05) is 13.6 Å². The van der Waals surface area contributed by atoms with Crippen LogP contribution < -0.4 is 5.32 Å². The minimum atomic E-state index is -0.00926. The molecule has 0 aliphatic rings. The predicted molar refractivity (Wildman–Crippen MR) is 27.9 cm³/mol. The van der Waals surface area contributed by atoms with Gasteiger partial charge in [0.1, 0.15) is 0 Å². The summed E-state index contributed by atoms with van der Waals surface area (Å²) in [4.78, 5) is 9.90. The largest absolute Gasteiger partial charge is 0.312 e. The average Bonchev–Trinajstić information content (AvgIpc) is 1.35. The Morgan fingerprint density at radius 1 is 2.00 bits per heavy atom. The molecule has 1 N–H and O–H groups in total. The van der Waals surface area contributed by atoms with E-state index in [-0.39, 0.29) is 4.69 Å². The van der Waals surface area contributed by atoms with Crippen molar-refractivity contribution in [3.05, 3.63) is 0 Å². The van der Waals surface area contributed by atoms with Gasteiger partial charge in [-0.15, -0.1) is 0 Å². The molecule has 0 saturated heterocycles. The zero-order valence-electron chi connectivity index (χ0n) is 3.49. The molecule has 0 aromatic heterocycles. The third kappa shape index (κ3) is 4.11. The molecular weight excluding hydrogens is 146 g/mol. The van der Waals surface area contributed by atoms with Crippen molar-refractivity contribution in [3.63, 3.8) is 0 Å². The summed E-state index contributed by atoms with van der Waals surface area (Å²) in [7, 11) is 1.72. The van der Waals surface area contributed by atoms with Crippen molar-refractivity contribution < 1.29 is 4.79 Å². The lowest BCUT2D eigenvalue weighted by molar-refractivity contribution is -0.109. The van der Waals surface area contributed by atoms with Gasteiger partial charge in [0, 0.05) is 0 Å². The van der Waals surface area contributed by atoms with Crippen LogP contribution in [0.5, 0.6) is 0 Å². The summed E-state index contributed by atoms with van der Waals surface area (Å²) >= 11 is 2.73. The molecule has 3 heteroatoms. The summed E-state index contributed by atoms with van der Waals surface area (Å²) in [5.74, 6) is 0. The SMILES string of the molecule is CNCC(=O)Br. The Labute approximate surface area is 45.0 Å². The first-order chi connectivity index (χ1) is 2.77. The zero-order chi connectivity index (χ0) is 4.99. The molecule has 0 aromatic rings. The van der Waals surface area contributed by atoms with Gasteiger partial charge in [-0.2, -0.15) is 0 Å². The van der Waals surface area contributed by atoms with Crippen LogP contribution in [0.15, 0.2) is 0 Å². The quantitative estimate of drug-likeness (QED) is 0.569. The molecule has 0 amide bonds. The minimum Gasteiger partial charge on any atom is -0.312 e. The van der Waals surface area contributed by atoms with Crippen LogP contribution in [0, 0.1) is 0 Å². The highest BCUT2D eigenvalue weighted by Gasteiger charge is 1.85. The standard InChI is InChI=1S/C3H6BrNO/c1-5-2-3(4)6/h5H,2H2,1H3. The number of hydrogen-bond acceptors (Lipinski definition) is 2. The first kappa shape index (κ1) is 6.11. The fourth-order valence-corrected chi connectivity index (χ4v) is 0.419. The van der Waals surface area contributed by atoms with Gasteiger partial charge in [0.15, 0.2) is 0 Å². The maximum Gasteiger partial charge on any atom is 0.211 e. The van der Waals surface area contributed by atoms with Gasteiger partial charge in [0.25, 0.3) is 0 Å². The van der Waals surface area contributed by atoms with Gasteiger partial charge in [-0.25, -0.2) is 0 Å². The van der Waals surface area contributed by atoms with Crippen LogP contribution in [0.4, 0.5) is 0 Å². The molecule has 0 aromatic carbocycles. The summed E-state index contributed by atoms with van der Waals surface area (Å²) < 4.78 is -0.00926. The lowest BCUT2D eigenvalue weighted by Crippen LogP contribution is -2.12. The number of halogens is 1. The van der Waals surface area contributed by atoms with Crippen LogP contribution in [-0.4, -0.2) is 18.3 Å². The molecule has 6 heavy (non-hydrogen) atoms. The molecule has 0 aliphatic carbocycles. The molecular formula is C3H6BrNO. The van der Waals surface area contributed by atoms with Crippen molar-refractivity contribution in [2.45, 2.75) is 0 Å². The van der Waals surface area contributed by atoms with Crippen LogP contribution >= 0.6 is 15.9 Å². The van der Waals surface area contributed by atoms with Crippen molar-refractivity contribution in [2.24, 2.45) is 0 Å². The second-order valence-electron chi connectivity index (χ2n) is 0.885. The second-order valence-corrected chi connectivity index (χ2v) is 1.77. The molecule has 0 aliphatic heterocycles. The average molecular weight is 152 g/mol. The second kappa shape index (κ2) is 3.31. The third-order valence-corrected chi connectivity index (χ3v) is 0.596. The molecule has 0 radical (unpaired) electrons. The topological polar surface area (TPSA) is 29.1 Å². The lowest BCUT2D eigenvalue weighted by Gasteiger charge is -1.83. The van der Waals surface area contributed by atoms with Crippen molar-refractivity contribution >= 4 is 20.6 Å². The Hall–Kier alpha value is 0.110. The fraction of sp³-hybridized carbons (Fsp3) is 0.667. The lowest BCUT2D eigenvalue weighted by atomic mass is 10.7. The summed E-state index contributed by atoms with van der Waals surface area (Å²) in [6, 6.07) is 0. The molecule has 0 heterocycles. The smallest absolute Gasteiger partial charge is 0.211 e. The molecule has 0 spiro atoms. The van der Waals surface area contributed by atoms with Gasteiger partial charge in [0.05, 0.1) is 6.54 Å². The Balaban J connectivity index is 2.83. The van der Waals surface area contributed by atoms with Crippen molar-refractivity contribution in [1.82, 2.24) is 5.32 Å². The Morgan fingerprint density at radius 3 is 2.50 bits per heavy atom. The van der Waals surface area contributed by atoms with Crippen LogP contribution in [0.2, 0.25) is 0 Å². The zero-order valence-corrected chi connectivity index (χ0v) is 5.08. The molecule has 2 nitrogen and oxygen atoms in total. The maximum absolute atomic E-state index is 9.90. The highest BCUT2D eigenvalue weighted by molar-refractivity contribution is 9.18. The predicted octanol–water partition coefficient (Wildman–Crippen LogP) is 0.127. The van der Waals surface area contributed by atoms with E-state index in [1.165, 1.54) is 0 Å². The Morgan fingerprint density at radius 2 is 2.50 bits per heavy atom. The molecule has 36 valence electrons. The van der Waals surface area contributed by atoms with Crippen LogP contribution in [-0.2, 0) is 4.79 Å². The van der Waals surface area contributed by atoms with Crippen molar-refractivity contribution in [3.8, 4) is 0 Å². The van der Waals surface area contributed by atoms with E-state index in [0.717, 1.165) is 0 Å². The highest BCUT2D eigenvalue weighted by Crippen LogP contribution is 1.76. The van der Waals surface area contributed by atoms with Gasteiger partial charge in [-0.1, -0.05) is 0 Å². The van der Waals surface area contributed by atoms with E-state index in [2.05, 4.69) is 21.2 Å². The van der Waals surface area contributed by atoms with E-state index in [1.807, 2.05) is 0 Å². The molecule has 0 atom stereocenters. The third-order valence-electron chi connectivity index (χ3n) is 0.316. The first-order valence-electron chi connectivity index (χ1n) is 1.60. The monoisotopic (exact) mass is 151 g/mol. The van der Waals surface area contributed by atoms with E-state index >= 15 is 0 Å². The van der Waals surface area contributed by atoms with E-state index in [0.29, 0.717) is 6.54 Å². The highest BCUT2D eigenvalue weighted by atomic mass is 79.9. The molecule has 0 unspecified atom stereocenters. The van der Waals surface area contributed by atoms with E-state index in [9.17, 15) is 4.79 Å². The van der Waals surface area contributed by atoms with Gasteiger partial charge in [0.2, 0.25) is 4.69 Å². The van der Waals surface area contributed by atoms with Crippen molar-refractivity contribution in [1.29, 1.82) is 0 Å². The van der Waals surface area contributed by atoms with Gasteiger partial charge >= 0.3 is 0 Å². The maximum atomic E-state index is 9.90. The fourth-order valence-electron chi connectivity index (χ4n) is 0.139.